The minimum Gasteiger partial charge on any atom is -0.399 e. The van der Waals surface area contributed by atoms with Crippen LogP contribution in [0.2, 0.25) is 0 Å². The number of benzene rings is 1. The number of fused-ring (bicyclic) bond motifs is 1. The lowest BCUT2D eigenvalue weighted by Crippen LogP contribution is -2.52. The largest absolute Gasteiger partial charge is 0.399 e. The van der Waals surface area contributed by atoms with Crippen molar-refractivity contribution in [2.75, 3.05) is 25.5 Å². The van der Waals surface area contributed by atoms with Crippen LogP contribution in [0.5, 0.6) is 0 Å². The van der Waals surface area contributed by atoms with Crippen molar-refractivity contribution in [1.82, 2.24) is 4.90 Å². The highest BCUT2D eigenvalue weighted by molar-refractivity contribution is 5.47. The number of anilines is 1. The molecule has 3 heteroatoms. The zero-order valence-electron chi connectivity index (χ0n) is 10.4. The van der Waals surface area contributed by atoms with E-state index in [0.29, 0.717) is 12.1 Å². The Labute approximate surface area is 103 Å². The van der Waals surface area contributed by atoms with Crippen LogP contribution in [0, 0.1) is 0 Å². The fourth-order valence-corrected chi connectivity index (χ4v) is 3.04. The van der Waals surface area contributed by atoms with E-state index in [-0.39, 0.29) is 0 Å². The Bertz CT molecular complexity index is 415. The van der Waals surface area contributed by atoms with Gasteiger partial charge in [0.25, 0.3) is 0 Å². The quantitative estimate of drug-likeness (QED) is 0.792. The smallest absolute Gasteiger partial charge is 0.0645 e. The normalized spacial score (nSPS) is 25.4. The molecular formula is C14H20N2O. The standard InChI is InChI=1S/C14H20N2O/c1-2-14-13-7-11(15)4-3-10(13)5-6-16(14)12-8-17-9-12/h3-4,7,12,14H,2,5-6,8-9,15H2,1H3. The van der Waals surface area contributed by atoms with Gasteiger partial charge in [-0.2, -0.15) is 0 Å². The van der Waals surface area contributed by atoms with Crippen LogP contribution in [0.3, 0.4) is 0 Å². The summed E-state index contributed by atoms with van der Waals surface area (Å²) in [6.07, 6.45) is 2.29. The second-order valence-corrected chi connectivity index (χ2v) is 5.06. The highest BCUT2D eigenvalue weighted by atomic mass is 16.5. The molecule has 2 aliphatic heterocycles. The van der Waals surface area contributed by atoms with E-state index in [2.05, 4.69) is 24.0 Å². The summed E-state index contributed by atoms with van der Waals surface area (Å²) < 4.78 is 5.33. The van der Waals surface area contributed by atoms with Crippen LogP contribution in [-0.4, -0.2) is 30.7 Å². The van der Waals surface area contributed by atoms with Crippen molar-refractivity contribution in [1.29, 1.82) is 0 Å². The van der Waals surface area contributed by atoms with Gasteiger partial charge in [0.2, 0.25) is 0 Å². The Hall–Kier alpha value is -1.06. The minimum absolute atomic E-state index is 0.524. The van der Waals surface area contributed by atoms with E-state index < -0.39 is 0 Å². The first-order valence-electron chi connectivity index (χ1n) is 6.51. The Balaban J connectivity index is 1.93. The van der Waals surface area contributed by atoms with E-state index in [0.717, 1.165) is 38.3 Å². The van der Waals surface area contributed by atoms with Gasteiger partial charge in [-0.1, -0.05) is 13.0 Å². The molecule has 3 nitrogen and oxygen atoms in total. The molecule has 1 saturated heterocycles. The summed E-state index contributed by atoms with van der Waals surface area (Å²) in [4.78, 5) is 2.60. The van der Waals surface area contributed by atoms with Crippen molar-refractivity contribution in [2.45, 2.75) is 31.8 Å². The van der Waals surface area contributed by atoms with Crippen LogP contribution in [0.15, 0.2) is 18.2 Å². The lowest BCUT2D eigenvalue weighted by Gasteiger charge is -2.45. The van der Waals surface area contributed by atoms with Crippen molar-refractivity contribution in [2.24, 2.45) is 0 Å². The summed E-state index contributed by atoms with van der Waals surface area (Å²) >= 11 is 0. The zero-order valence-corrected chi connectivity index (χ0v) is 10.4. The first kappa shape index (κ1) is 11.1. The van der Waals surface area contributed by atoms with Crippen LogP contribution >= 0.6 is 0 Å². The van der Waals surface area contributed by atoms with Crippen LogP contribution < -0.4 is 5.73 Å². The van der Waals surface area contributed by atoms with Gasteiger partial charge >= 0.3 is 0 Å². The number of nitrogens with two attached hydrogens (primary N) is 1. The predicted molar refractivity (Wildman–Crippen MR) is 68.9 cm³/mol. The Kier molecular flexibility index (Phi) is 2.81. The average Bonchev–Trinajstić information content (AvgIpc) is 2.26. The fourth-order valence-electron chi connectivity index (χ4n) is 3.04. The first-order valence-corrected chi connectivity index (χ1v) is 6.51. The molecule has 1 aromatic carbocycles. The molecular weight excluding hydrogens is 212 g/mol. The third kappa shape index (κ3) is 1.83. The molecule has 92 valence electrons. The number of hydrogen-bond acceptors (Lipinski definition) is 3. The molecule has 1 unspecified atom stereocenters. The molecule has 2 aliphatic rings. The van der Waals surface area contributed by atoms with E-state index in [1.807, 2.05) is 6.07 Å². The molecule has 1 aromatic rings. The van der Waals surface area contributed by atoms with Crippen LogP contribution in [0.1, 0.15) is 30.5 Å². The summed E-state index contributed by atoms with van der Waals surface area (Å²) in [6, 6.07) is 7.52. The Morgan fingerprint density at radius 3 is 2.88 bits per heavy atom. The Morgan fingerprint density at radius 1 is 1.41 bits per heavy atom. The monoisotopic (exact) mass is 232 g/mol. The molecule has 2 heterocycles. The summed E-state index contributed by atoms with van der Waals surface area (Å²) in [7, 11) is 0. The second kappa shape index (κ2) is 4.31. The third-order valence-corrected chi connectivity index (χ3v) is 4.04. The van der Waals surface area contributed by atoms with Gasteiger partial charge < -0.3 is 10.5 Å². The molecule has 0 radical (unpaired) electrons. The third-order valence-electron chi connectivity index (χ3n) is 4.04. The molecule has 0 bridgehead atoms. The second-order valence-electron chi connectivity index (χ2n) is 5.06. The highest BCUT2D eigenvalue weighted by Gasteiger charge is 2.34. The van der Waals surface area contributed by atoms with Crippen molar-refractivity contribution in [3.8, 4) is 0 Å². The summed E-state index contributed by atoms with van der Waals surface area (Å²) in [5.41, 5.74) is 9.72. The number of nitrogens with zero attached hydrogens (tertiary/aromatic N) is 1. The van der Waals surface area contributed by atoms with Gasteiger partial charge in [-0.25, -0.2) is 0 Å². The molecule has 0 aromatic heterocycles. The van der Waals surface area contributed by atoms with Crippen LogP contribution in [0.4, 0.5) is 5.69 Å². The lowest BCUT2D eigenvalue weighted by molar-refractivity contribution is -0.0828. The molecule has 0 amide bonds. The van der Waals surface area contributed by atoms with Crippen molar-refractivity contribution < 1.29 is 4.74 Å². The first-order chi connectivity index (χ1) is 8.29. The lowest BCUT2D eigenvalue weighted by atomic mass is 9.89. The maximum Gasteiger partial charge on any atom is 0.0645 e. The van der Waals surface area contributed by atoms with Gasteiger partial charge in [0.15, 0.2) is 0 Å². The minimum atomic E-state index is 0.524. The number of ether oxygens (including phenoxy) is 1. The fraction of sp³-hybridized carbons (Fsp3) is 0.571. The molecule has 0 saturated carbocycles. The van der Waals surface area contributed by atoms with Crippen molar-refractivity contribution in [3.05, 3.63) is 29.3 Å². The van der Waals surface area contributed by atoms with Gasteiger partial charge in [-0.05, 0) is 36.1 Å². The number of hydrogen-bond donors (Lipinski definition) is 1. The molecule has 1 fully saturated rings. The van der Waals surface area contributed by atoms with Gasteiger partial charge in [-0.3, -0.25) is 4.90 Å². The number of nitrogen functional groups attached to an aromatic ring is 1. The summed E-state index contributed by atoms with van der Waals surface area (Å²) in [6.45, 7) is 5.21. The zero-order chi connectivity index (χ0) is 11.8. The van der Waals surface area contributed by atoms with Gasteiger partial charge in [0.1, 0.15) is 0 Å². The number of rotatable bonds is 2. The molecule has 3 rings (SSSR count). The molecule has 2 N–H and O–H groups in total. The Morgan fingerprint density at radius 2 is 2.24 bits per heavy atom. The topological polar surface area (TPSA) is 38.5 Å². The highest BCUT2D eigenvalue weighted by Crippen LogP contribution is 2.35. The summed E-state index contributed by atoms with van der Waals surface area (Å²) in [5.74, 6) is 0. The van der Waals surface area contributed by atoms with Gasteiger partial charge in [0.05, 0.1) is 19.3 Å². The molecule has 0 aliphatic carbocycles. The predicted octanol–water partition coefficient (Wildman–Crippen LogP) is 1.98. The SMILES string of the molecule is CCC1c2cc(N)ccc2CCN1C1COC1. The molecule has 17 heavy (non-hydrogen) atoms. The van der Waals surface area contributed by atoms with Crippen LogP contribution in [-0.2, 0) is 11.2 Å². The van der Waals surface area contributed by atoms with E-state index in [1.165, 1.54) is 11.1 Å². The van der Waals surface area contributed by atoms with E-state index in [4.69, 9.17) is 10.5 Å². The van der Waals surface area contributed by atoms with Crippen LogP contribution in [0.25, 0.3) is 0 Å². The van der Waals surface area contributed by atoms with Gasteiger partial charge in [-0.15, -0.1) is 0 Å². The van der Waals surface area contributed by atoms with Crippen molar-refractivity contribution >= 4 is 5.69 Å². The van der Waals surface area contributed by atoms with E-state index in [9.17, 15) is 0 Å². The van der Waals surface area contributed by atoms with E-state index >= 15 is 0 Å². The molecule has 0 spiro atoms. The van der Waals surface area contributed by atoms with Crippen molar-refractivity contribution in [3.63, 3.8) is 0 Å². The van der Waals surface area contributed by atoms with E-state index in [1.54, 1.807) is 0 Å². The maximum absolute atomic E-state index is 5.92. The van der Waals surface area contributed by atoms with Gasteiger partial charge in [0, 0.05) is 18.3 Å². The molecule has 1 atom stereocenters. The summed E-state index contributed by atoms with van der Waals surface area (Å²) in [5, 5.41) is 0. The maximum atomic E-state index is 5.92. The average molecular weight is 232 g/mol.